The number of nitrogens with zero attached hydrogens (tertiary/aromatic N) is 1. The maximum absolute atomic E-state index is 12.7. The van der Waals surface area contributed by atoms with Crippen molar-refractivity contribution >= 4 is 47.4 Å². The smallest absolute Gasteiger partial charge is 0.407 e. The molecule has 11 heteroatoms. The van der Waals surface area contributed by atoms with Crippen LogP contribution in [0.2, 0.25) is 10.0 Å². The summed E-state index contributed by atoms with van der Waals surface area (Å²) >= 11 is 12.1. The third-order valence-electron chi connectivity index (χ3n) is 4.00. The minimum Gasteiger partial charge on any atom is -0.469 e. The summed E-state index contributed by atoms with van der Waals surface area (Å²) in [6, 6.07) is 3.99. The van der Waals surface area contributed by atoms with Crippen LogP contribution in [0.25, 0.3) is 0 Å². The highest BCUT2D eigenvalue weighted by Crippen LogP contribution is 2.26. The van der Waals surface area contributed by atoms with Crippen molar-refractivity contribution in [2.24, 2.45) is 10.7 Å². The molecule has 1 rings (SSSR count). The zero-order valence-corrected chi connectivity index (χ0v) is 20.6. The number of hydrogen-bond acceptors (Lipinski definition) is 7. The number of carbonyl (C=O) groups excluding carboxylic acids is 3. The molecule has 182 valence electrons. The number of carbonyl (C=O) groups is 3. The second kappa shape index (κ2) is 13.7. The van der Waals surface area contributed by atoms with Gasteiger partial charge in [0.15, 0.2) is 0 Å². The van der Waals surface area contributed by atoms with E-state index < -0.39 is 29.6 Å². The number of benzene rings is 1. The molecule has 0 unspecified atom stereocenters. The number of alkyl carbamates (subject to hydrolysis) is 1. The van der Waals surface area contributed by atoms with Gasteiger partial charge in [0.25, 0.3) is 5.91 Å². The van der Waals surface area contributed by atoms with Crippen LogP contribution in [0, 0.1) is 0 Å². The Labute approximate surface area is 203 Å². The zero-order chi connectivity index (χ0) is 25.0. The predicted octanol–water partition coefficient (Wildman–Crippen LogP) is 3.54. The number of nitrogens with two attached hydrogens (primary N) is 1. The summed E-state index contributed by atoms with van der Waals surface area (Å²) in [7, 11) is 1.25. The number of hydrogen-bond donors (Lipinski definition) is 3. The molecule has 0 fully saturated rings. The van der Waals surface area contributed by atoms with Crippen LogP contribution >= 0.6 is 23.2 Å². The SMILES string of the molecule is COC(=O)C[C@H](NC(=O)C(C=NCCCNC(=O)OC(C)(C)C)=CN)c1cc(Cl)cc(Cl)c1. The molecule has 0 heterocycles. The lowest BCUT2D eigenvalue weighted by Gasteiger charge is -2.19. The number of amides is 2. The lowest BCUT2D eigenvalue weighted by molar-refractivity contribution is -0.141. The van der Waals surface area contributed by atoms with Crippen LogP contribution in [-0.2, 0) is 19.1 Å². The number of esters is 1. The molecular formula is C22H30Cl2N4O5. The lowest BCUT2D eigenvalue weighted by Crippen LogP contribution is -2.33. The molecule has 0 aliphatic heterocycles. The first-order valence-electron chi connectivity index (χ1n) is 10.2. The van der Waals surface area contributed by atoms with Gasteiger partial charge in [-0.05, 0) is 51.0 Å². The summed E-state index contributed by atoms with van der Waals surface area (Å²) in [5.41, 5.74) is 5.64. The average molecular weight is 501 g/mol. The van der Waals surface area contributed by atoms with E-state index >= 15 is 0 Å². The van der Waals surface area contributed by atoms with E-state index in [1.165, 1.54) is 13.3 Å². The van der Waals surface area contributed by atoms with E-state index in [-0.39, 0.29) is 12.0 Å². The van der Waals surface area contributed by atoms with Gasteiger partial charge in [0.05, 0.1) is 25.1 Å². The van der Waals surface area contributed by atoms with Crippen LogP contribution in [0.5, 0.6) is 0 Å². The van der Waals surface area contributed by atoms with Crippen LogP contribution in [0.15, 0.2) is 35.0 Å². The Kier molecular flexibility index (Phi) is 11.7. The molecule has 9 nitrogen and oxygen atoms in total. The number of methoxy groups -OCH3 is 1. The van der Waals surface area contributed by atoms with Crippen molar-refractivity contribution < 1.29 is 23.9 Å². The van der Waals surface area contributed by atoms with E-state index in [1.54, 1.807) is 39.0 Å². The van der Waals surface area contributed by atoms with Crippen molar-refractivity contribution in [2.45, 2.75) is 45.3 Å². The molecule has 1 atom stereocenters. The fourth-order valence-corrected chi connectivity index (χ4v) is 3.08. The van der Waals surface area contributed by atoms with Crippen molar-refractivity contribution in [3.8, 4) is 0 Å². The van der Waals surface area contributed by atoms with Gasteiger partial charge >= 0.3 is 12.1 Å². The second-order valence-electron chi connectivity index (χ2n) is 7.95. The van der Waals surface area contributed by atoms with Crippen molar-refractivity contribution in [1.82, 2.24) is 10.6 Å². The largest absolute Gasteiger partial charge is 0.469 e. The van der Waals surface area contributed by atoms with Crippen molar-refractivity contribution in [3.63, 3.8) is 0 Å². The number of rotatable bonds is 10. The third-order valence-corrected chi connectivity index (χ3v) is 4.43. The van der Waals surface area contributed by atoms with E-state index in [1.807, 2.05) is 0 Å². The van der Waals surface area contributed by atoms with Gasteiger partial charge in [-0.1, -0.05) is 23.2 Å². The molecule has 1 aromatic carbocycles. The maximum Gasteiger partial charge on any atom is 0.407 e. The normalized spacial score (nSPS) is 12.8. The Morgan fingerprint density at radius 3 is 2.36 bits per heavy atom. The van der Waals surface area contributed by atoms with Crippen molar-refractivity contribution in [2.75, 3.05) is 20.2 Å². The monoisotopic (exact) mass is 500 g/mol. The van der Waals surface area contributed by atoms with Gasteiger partial charge in [-0.25, -0.2) is 4.79 Å². The molecule has 0 saturated carbocycles. The zero-order valence-electron chi connectivity index (χ0n) is 19.1. The summed E-state index contributed by atoms with van der Waals surface area (Å²) in [5, 5.41) is 6.06. The quantitative estimate of drug-likeness (QED) is 0.195. The third kappa shape index (κ3) is 11.6. The fraction of sp³-hybridized carbons (Fsp3) is 0.455. The molecule has 0 saturated heterocycles. The first kappa shape index (κ1) is 28.3. The van der Waals surface area contributed by atoms with Crippen molar-refractivity contribution in [3.05, 3.63) is 45.6 Å². The molecule has 0 aliphatic carbocycles. The first-order chi connectivity index (χ1) is 15.4. The molecular weight excluding hydrogens is 471 g/mol. The van der Waals surface area contributed by atoms with Gasteiger partial charge in [0, 0.05) is 35.5 Å². The Bertz CT molecular complexity index is 877. The Morgan fingerprint density at radius 2 is 1.82 bits per heavy atom. The van der Waals surface area contributed by atoms with Gasteiger partial charge < -0.3 is 25.8 Å². The Morgan fingerprint density at radius 1 is 1.18 bits per heavy atom. The molecule has 2 amide bonds. The minimum atomic E-state index is -0.748. The molecule has 0 aliphatic rings. The van der Waals surface area contributed by atoms with Gasteiger partial charge in [0.2, 0.25) is 0 Å². The minimum absolute atomic E-state index is 0.0955. The average Bonchev–Trinajstić information content (AvgIpc) is 2.70. The molecule has 4 N–H and O–H groups in total. The van der Waals surface area contributed by atoms with Gasteiger partial charge in [-0.3, -0.25) is 14.6 Å². The van der Waals surface area contributed by atoms with Gasteiger partial charge in [-0.15, -0.1) is 0 Å². The van der Waals surface area contributed by atoms with Gasteiger partial charge in [0.1, 0.15) is 5.60 Å². The highest BCUT2D eigenvalue weighted by atomic mass is 35.5. The molecule has 33 heavy (non-hydrogen) atoms. The molecule has 1 aromatic rings. The van der Waals surface area contributed by atoms with E-state index in [4.69, 9.17) is 38.4 Å². The summed E-state index contributed by atoms with van der Waals surface area (Å²) < 4.78 is 9.85. The summed E-state index contributed by atoms with van der Waals surface area (Å²) in [4.78, 5) is 40.3. The Hall–Kier alpha value is -2.78. The van der Waals surface area contributed by atoms with Crippen LogP contribution in [0.3, 0.4) is 0 Å². The lowest BCUT2D eigenvalue weighted by atomic mass is 10.0. The van der Waals surface area contributed by atoms with E-state index in [0.717, 1.165) is 6.20 Å². The number of halogens is 2. The van der Waals surface area contributed by atoms with Crippen LogP contribution < -0.4 is 16.4 Å². The van der Waals surface area contributed by atoms with Crippen molar-refractivity contribution in [1.29, 1.82) is 0 Å². The summed E-state index contributed by atoms with van der Waals surface area (Å²) in [6.45, 7) is 6.03. The van der Waals surface area contributed by atoms with Crippen LogP contribution in [0.4, 0.5) is 4.79 Å². The standard InChI is InChI=1S/C22H30Cl2N4O5/c1-22(2,3)33-21(31)27-7-5-6-26-13-15(12-25)20(30)28-18(11-19(29)32-4)14-8-16(23)10-17(24)9-14/h8-10,12-13,18H,5-7,11,25H2,1-4H3,(H,27,31)(H,28,30)/t18-/m0/s1. The maximum atomic E-state index is 12.7. The molecule has 0 aromatic heterocycles. The van der Waals surface area contributed by atoms with E-state index in [9.17, 15) is 14.4 Å². The Balaban J connectivity index is 2.69. The number of ether oxygens (including phenoxy) is 2. The molecule has 0 spiro atoms. The van der Waals surface area contributed by atoms with E-state index in [0.29, 0.717) is 35.1 Å². The van der Waals surface area contributed by atoms with Crippen LogP contribution in [0.1, 0.15) is 45.2 Å². The fourth-order valence-electron chi connectivity index (χ4n) is 2.54. The van der Waals surface area contributed by atoms with Gasteiger partial charge in [-0.2, -0.15) is 0 Å². The predicted molar refractivity (Wildman–Crippen MR) is 128 cm³/mol. The summed E-state index contributed by atoms with van der Waals surface area (Å²) in [6.07, 6.45) is 2.32. The van der Waals surface area contributed by atoms with Crippen LogP contribution in [-0.4, -0.2) is 50.0 Å². The van der Waals surface area contributed by atoms with E-state index in [2.05, 4.69) is 15.6 Å². The molecule has 0 bridgehead atoms. The second-order valence-corrected chi connectivity index (χ2v) is 8.82. The summed E-state index contributed by atoms with van der Waals surface area (Å²) in [5.74, 6) is -1.07. The number of aliphatic imine (C=N–C) groups is 1. The molecule has 0 radical (unpaired) electrons. The topological polar surface area (TPSA) is 132 Å². The highest BCUT2D eigenvalue weighted by molar-refractivity contribution is 6.34. The number of nitrogens with one attached hydrogen (secondary N) is 2. The highest BCUT2D eigenvalue weighted by Gasteiger charge is 2.21. The first-order valence-corrected chi connectivity index (χ1v) is 10.9.